The summed E-state index contributed by atoms with van der Waals surface area (Å²) < 4.78 is 88.6. The van der Waals surface area contributed by atoms with Crippen LogP contribution in [0.2, 0.25) is 0 Å². The van der Waals surface area contributed by atoms with Crippen LogP contribution in [0.4, 0.5) is 35.1 Å². The van der Waals surface area contributed by atoms with Crippen LogP contribution in [0.15, 0.2) is 0 Å². The molecule has 0 bridgehead atoms. The Morgan fingerprint density at radius 2 is 0.895 bits per heavy atom. The van der Waals surface area contributed by atoms with Crippen LogP contribution < -0.4 is 10.2 Å². The molecular weight excluding hydrogens is 328 g/mol. The van der Waals surface area contributed by atoms with Gasteiger partial charge in [-0.25, -0.2) is 17.6 Å². The van der Waals surface area contributed by atoms with Gasteiger partial charge in [0.15, 0.2) is 0 Å². The smallest absolute Gasteiger partial charge is 0.544 e. The van der Waals surface area contributed by atoms with E-state index < -0.39 is 36.6 Å². The van der Waals surface area contributed by atoms with Gasteiger partial charge in [-0.1, -0.05) is 0 Å². The summed E-state index contributed by atoms with van der Waals surface area (Å²) >= 11 is 0. The molecule has 0 saturated carbocycles. The normalized spacial score (nSPS) is 11.5. The number of hydrogen-bond donors (Lipinski definition) is 0. The van der Waals surface area contributed by atoms with Gasteiger partial charge in [-0.15, -0.1) is 0 Å². The minimum absolute atomic E-state index is 0. The number of alkyl halides is 8. The fourth-order valence-corrected chi connectivity index (χ4v) is 0.178. The first-order valence-electron chi connectivity index (χ1n) is 3.52. The molecule has 0 heterocycles. The van der Waals surface area contributed by atoms with Gasteiger partial charge in [0, 0.05) is 0 Å². The standard InChI is InChI=1S/2C3H2F4O2.Ca/c2*4-1(5)3(6,7)2(8)9;/h2*1H,(H,8,9);/q;;+2/p-2. The SMILES string of the molecule is O=C([O-])C(F)(F)C(F)F.O=C([O-])C(F)(F)C(F)F.[Ca+2]. The van der Waals surface area contributed by atoms with Crippen molar-refractivity contribution in [2.45, 2.75) is 24.7 Å². The zero-order chi connectivity index (χ0) is 15.3. The van der Waals surface area contributed by atoms with Crippen molar-refractivity contribution in [1.29, 1.82) is 0 Å². The number of carbonyl (C=O) groups is 2. The third-order valence-corrected chi connectivity index (χ3v) is 1.09. The molecule has 0 saturated heterocycles. The molecule has 4 nitrogen and oxygen atoms in total. The maximum Gasteiger partial charge on any atom is 2.00 e. The van der Waals surface area contributed by atoms with Gasteiger partial charge in [-0.05, 0) is 0 Å². The topological polar surface area (TPSA) is 80.3 Å². The van der Waals surface area contributed by atoms with Crippen LogP contribution in [-0.4, -0.2) is 74.4 Å². The van der Waals surface area contributed by atoms with Gasteiger partial charge in [0.2, 0.25) is 0 Å². The molecule has 0 aromatic heterocycles. The molecule has 0 aliphatic rings. The Morgan fingerprint density at radius 3 is 0.895 bits per heavy atom. The van der Waals surface area contributed by atoms with E-state index in [4.69, 9.17) is 19.8 Å². The van der Waals surface area contributed by atoms with E-state index in [1.54, 1.807) is 0 Å². The first kappa shape index (κ1) is 23.7. The summed E-state index contributed by atoms with van der Waals surface area (Å²) in [5.74, 6) is -16.2. The zero-order valence-corrected chi connectivity index (χ0v) is 10.7. The minimum atomic E-state index is -5.03. The average molecular weight is 330 g/mol. The maximum absolute atomic E-state index is 11.3. The van der Waals surface area contributed by atoms with Crippen molar-refractivity contribution < 1.29 is 54.9 Å². The van der Waals surface area contributed by atoms with E-state index >= 15 is 0 Å². The summed E-state index contributed by atoms with van der Waals surface area (Å²) in [6, 6.07) is 0. The summed E-state index contributed by atoms with van der Waals surface area (Å²) in [7, 11) is 0. The van der Waals surface area contributed by atoms with Crippen LogP contribution in [0.25, 0.3) is 0 Å². The van der Waals surface area contributed by atoms with E-state index in [0.717, 1.165) is 0 Å². The summed E-state index contributed by atoms with van der Waals surface area (Å²) in [5, 5.41) is 18.2. The molecule has 19 heavy (non-hydrogen) atoms. The Bertz CT molecular complexity index is 278. The van der Waals surface area contributed by atoms with Gasteiger partial charge < -0.3 is 19.8 Å². The monoisotopic (exact) mass is 330 g/mol. The fraction of sp³-hybridized carbons (Fsp3) is 0.667. The van der Waals surface area contributed by atoms with E-state index in [2.05, 4.69) is 0 Å². The number of aliphatic carboxylic acids is 2. The molecule has 0 unspecified atom stereocenters. The molecule has 0 N–H and O–H groups in total. The van der Waals surface area contributed by atoms with Crippen molar-refractivity contribution >= 4 is 49.7 Å². The van der Waals surface area contributed by atoms with Crippen molar-refractivity contribution in [2.24, 2.45) is 0 Å². The van der Waals surface area contributed by atoms with Gasteiger partial charge in [0.05, 0.1) is 0 Å². The number of carboxylic acids is 2. The fourth-order valence-electron chi connectivity index (χ4n) is 0.178. The van der Waals surface area contributed by atoms with E-state index in [9.17, 15) is 35.1 Å². The van der Waals surface area contributed by atoms with Crippen LogP contribution in [0, 0.1) is 0 Å². The molecule has 0 aliphatic carbocycles. The number of carbonyl (C=O) groups excluding carboxylic acids is 2. The minimum Gasteiger partial charge on any atom is -0.544 e. The Labute approximate surface area is 129 Å². The van der Waals surface area contributed by atoms with Crippen LogP contribution in [-0.2, 0) is 9.59 Å². The number of carboxylic acid groups (broad SMARTS) is 2. The van der Waals surface area contributed by atoms with Crippen molar-refractivity contribution in [1.82, 2.24) is 0 Å². The van der Waals surface area contributed by atoms with Gasteiger partial charge in [0.1, 0.15) is 11.9 Å². The number of rotatable bonds is 4. The van der Waals surface area contributed by atoms with Gasteiger partial charge in [-0.3, -0.25) is 0 Å². The molecule has 0 amide bonds. The molecule has 0 fully saturated rings. The summed E-state index contributed by atoms with van der Waals surface area (Å²) in [5.41, 5.74) is 0. The molecule has 0 rings (SSSR count). The molecule has 0 atom stereocenters. The Kier molecular flexibility index (Phi) is 10.9. The van der Waals surface area contributed by atoms with Crippen molar-refractivity contribution in [2.75, 3.05) is 0 Å². The van der Waals surface area contributed by atoms with E-state index in [-0.39, 0.29) is 37.7 Å². The van der Waals surface area contributed by atoms with E-state index in [0.29, 0.717) is 0 Å². The predicted octanol–water partition coefficient (Wildman–Crippen LogP) is -1.11. The van der Waals surface area contributed by atoms with Gasteiger partial charge in [0.25, 0.3) is 0 Å². The third-order valence-electron chi connectivity index (χ3n) is 1.09. The van der Waals surface area contributed by atoms with Gasteiger partial charge in [-0.2, -0.15) is 17.6 Å². The maximum atomic E-state index is 11.3. The predicted molar refractivity (Wildman–Crippen MR) is 37.7 cm³/mol. The quantitative estimate of drug-likeness (QED) is 0.484. The van der Waals surface area contributed by atoms with Crippen LogP contribution in [0.5, 0.6) is 0 Å². The first-order chi connectivity index (χ1) is 7.77. The van der Waals surface area contributed by atoms with Crippen molar-refractivity contribution in [3.8, 4) is 0 Å². The molecule has 13 heteroatoms. The number of halogens is 8. The van der Waals surface area contributed by atoms with Crippen LogP contribution >= 0.6 is 0 Å². The molecular formula is C6H2CaF8O4. The second-order valence-corrected chi connectivity index (χ2v) is 2.42. The second-order valence-electron chi connectivity index (χ2n) is 2.42. The Balaban J connectivity index is -0.000000256. The summed E-state index contributed by atoms with van der Waals surface area (Å²) in [6.07, 6.45) is -8.41. The van der Waals surface area contributed by atoms with Crippen LogP contribution in [0.1, 0.15) is 0 Å². The molecule has 108 valence electrons. The number of hydrogen-bond acceptors (Lipinski definition) is 4. The average Bonchev–Trinajstić information content (AvgIpc) is 2.17. The van der Waals surface area contributed by atoms with E-state index in [1.807, 2.05) is 0 Å². The second kappa shape index (κ2) is 8.74. The van der Waals surface area contributed by atoms with Crippen molar-refractivity contribution in [3.05, 3.63) is 0 Å². The largest absolute Gasteiger partial charge is 2.00 e. The van der Waals surface area contributed by atoms with E-state index in [1.165, 1.54) is 0 Å². The molecule has 0 aliphatic heterocycles. The summed E-state index contributed by atoms with van der Waals surface area (Å²) in [4.78, 5) is 18.2. The molecule has 0 aromatic carbocycles. The van der Waals surface area contributed by atoms with Crippen molar-refractivity contribution in [3.63, 3.8) is 0 Å². The molecule has 0 aromatic rings. The summed E-state index contributed by atoms with van der Waals surface area (Å²) in [6.45, 7) is 0. The Morgan fingerprint density at radius 1 is 0.737 bits per heavy atom. The van der Waals surface area contributed by atoms with Crippen LogP contribution in [0.3, 0.4) is 0 Å². The zero-order valence-electron chi connectivity index (χ0n) is 8.52. The Hall–Kier alpha value is -0.360. The third kappa shape index (κ3) is 7.72. The molecule has 0 spiro atoms. The first-order valence-corrected chi connectivity index (χ1v) is 3.52. The molecule has 0 radical (unpaired) electrons. The van der Waals surface area contributed by atoms with Gasteiger partial charge >= 0.3 is 62.4 Å².